The fourth-order valence-electron chi connectivity index (χ4n) is 4.14. The van der Waals surface area contributed by atoms with Crippen LogP contribution in [0.25, 0.3) is 15.9 Å². The van der Waals surface area contributed by atoms with Gasteiger partial charge in [-0.1, -0.05) is 18.2 Å². The lowest BCUT2D eigenvalue weighted by molar-refractivity contribution is 0.0630. The van der Waals surface area contributed by atoms with Crippen molar-refractivity contribution < 1.29 is 4.79 Å². The summed E-state index contributed by atoms with van der Waals surface area (Å²) < 4.78 is 0.504. The van der Waals surface area contributed by atoms with Gasteiger partial charge in [-0.3, -0.25) is 14.7 Å². The lowest BCUT2D eigenvalue weighted by Gasteiger charge is -2.34. The van der Waals surface area contributed by atoms with Crippen molar-refractivity contribution in [1.82, 2.24) is 19.8 Å². The number of hydrogen-bond donors (Lipinski definition) is 0. The Hall–Kier alpha value is -3.70. The van der Waals surface area contributed by atoms with E-state index in [1.54, 1.807) is 28.6 Å². The lowest BCUT2D eigenvalue weighted by atomic mass is 10.1. The summed E-state index contributed by atoms with van der Waals surface area (Å²) in [4.78, 5) is 52.8. The first-order valence-corrected chi connectivity index (χ1v) is 11.8. The van der Waals surface area contributed by atoms with E-state index in [4.69, 9.17) is 0 Å². The molecule has 0 saturated carbocycles. The normalized spacial score (nSPS) is 16.5. The Morgan fingerprint density at radius 1 is 1.06 bits per heavy atom. The summed E-state index contributed by atoms with van der Waals surface area (Å²) in [5.74, 6) is 0.214. The highest BCUT2D eigenvalue weighted by molar-refractivity contribution is 7.18. The van der Waals surface area contributed by atoms with Gasteiger partial charge in [-0.15, -0.1) is 21.2 Å². The van der Waals surface area contributed by atoms with Gasteiger partial charge in [0.1, 0.15) is 21.6 Å². The minimum absolute atomic E-state index is 0.0302. The third-order valence-electron chi connectivity index (χ3n) is 5.89. The van der Waals surface area contributed by atoms with Crippen LogP contribution in [0.5, 0.6) is 0 Å². The van der Waals surface area contributed by atoms with Gasteiger partial charge in [0.25, 0.3) is 5.91 Å². The maximum absolute atomic E-state index is 13.4. The first-order chi connectivity index (χ1) is 16.7. The fraction of sp³-hybridized carbons (Fsp3) is 0.304. The number of nitrogens with zero attached hydrogens (tertiary/aromatic N) is 7. The number of fused-ring (bicyclic) bond motifs is 1. The number of benzene rings is 1. The van der Waals surface area contributed by atoms with Crippen LogP contribution in [0.3, 0.4) is 0 Å². The first kappa shape index (κ1) is 22.1. The van der Waals surface area contributed by atoms with Gasteiger partial charge in [-0.2, -0.15) is 0 Å². The highest BCUT2D eigenvalue weighted by Gasteiger charge is 2.26. The molecule has 0 N–H and O–H groups in total. The van der Waals surface area contributed by atoms with Crippen molar-refractivity contribution in [1.29, 1.82) is 0 Å². The van der Waals surface area contributed by atoms with Crippen molar-refractivity contribution in [3.63, 3.8) is 0 Å². The van der Waals surface area contributed by atoms with Gasteiger partial charge in [0.05, 0.1) is 5.56 Å². The molecule has 0 radical (unpaired) electrons. The molecule has 0 unspecified atom stereocenters. The molecule has 0 aliphatic carbocycles. The number of thiophene rings is 1. The van der Waals surface area contributed by atoms with Crippen molar-refractivity contribution in [2.75, 3.05) is 26.2 Å². The van der Waals surface area contributed by atoms with Crippen LogP contribution in [0, 0.1) is 9.81 Å². The van der Waals surface area contributed by atoms with Crippen molar-refractivity contribution >= 4 is 50.9 Å². The van der Waals surface area contributed by atoms with E-state index in [2.05, 4.69) is 30.2 Å². The molecule has 10 nitrogen and oxygen atoms in total. The number of piperazine rings is 1. The van der Waals surface area contributed by atoms with Crippen LogP contribution < -0.4 is 0 Å². The zero-order valence-corrected chi connectivity index (χ0v) is 19.1. The van der Waals surface area contributed by atoms with E-state index in [1.165, 1.54) is 11.3 Å². The number of carbonyl (C=O) groups is 1. The maximum atomic E-state index is 13.4. The van der Waals surface area contributed by atoms with E-state index < -0.39 is 0 Å². The summed E-state index contributed by atoms with van der Waals surface area (Å²) in [6.45, 7) is 3.22. The second kappa shape index (κ2) is 9.65. The number of allylic oxidation sites excluding steroid dienone is 1. The lowest BCUT2D eigenvalue weighted by Crippen LogP contribution is -2.48. The van der Waals surface area contributed by atoms with Crippen LogP contribution in [0.2, 0.25) is 0 Å². The summed E-state index contributed by atoms with van der Waals surface area (Å²) in [5.41, 5.74) is 2.91. The van der Waals surface area contributed by atoms with Gasteiger partial charge in [0.15, 0.2) is 5.82 Å². The van der Waals surface area contributed by atoms with Crippen molar-refractivity contribution in [2.24, 2.45) is 15.3 Å². The van der Waals surface area contributed by atoms with Crippen molar-refractivity contribution in [2.45, 2.75) is 19.4 Å². The molecular formula is C23H21N7O3S. The number of hydrogen-bond acceptors (Lipinski definition) is 10. The molecule has 1 fully saturated rings. The molecule has 3 aromatic rings. The largest absolute Gasteiger partial charge is 0.336 e. The zero-order valence-electron chi connectivity index (χ0n) is 18.3. The minimum Gasteiger partial charge on any atom is -0.336 e. The highest BCUT2D eigenvalue weighted by Crippen LogP contribution is 2.34. The number of aliphatic imine (C=N–C) groups is 1. The van der Waals surface area contributed by atoms with Gasteiger partial charge >= 0.3 is 0 Å². The summed E-state index contributed by atoms with van der Waals surface area (Å²) in [7, 11) is 0. The monoisotopic (exact) mass is 475 g/mol. The summed E-state index contributed by atoms with van der Waals surface area (Å²) >= 11 is 1.25. The maximum Gasteiger partial charge on any atom is 0.257 e. The van der Waals surface area contributed by atoms with Gasteiger partial charge in [0.2, 0.25) is 5.82 Å². The Balaban J connectivity index is 1.33. The second-order valence-electron chi connectivity index (χ2n) is 8.10. The summed E-state index contributed by atoms with van der Waals surface area (Å²) in [5, 5.41) is 7.79. The molecule has 0 bridgehead atoms. The van der Waals surface area contributed by atoms with Crippen LogP contribution in [-0.2, 0) is 6.54 Å². The second-order valence-corrected chi connectivity index (χ2v) is 8.98. The van der Waals surface area contributed by atoms with E-state index in [9.17, 15) is 14.6 Å². The standard InChI is InChI=1S/C23H21N7O3S/c31-23(30-10-8-29(9-11-30)13-15-4-3-5-16(12-15)27-32)17-14-34-20-19(17)25-21(26-22(20)28-33)18-6-1-2-7-24-18/h3-7,12,14H,1-2,8-11,13H2. The topological polar surface area (TPSA) is 121 Å². The van der Waals surface area contributed by atoms with Crippen LogP contribution in [0.1, 0.15) is 34.6 Å². The zero-order chi connectivity index (χ0) is 23.5. The molecule has 2 aliphatic heterocycles. The third kappa shape index (κ3) is 4.39. The van der Waals surface area contributed by atoms with Crippen LogP contribution in [-0.4, -0.2) is 58.1 Å². The fourth-order valence-corrected chi connectivity index (χ4v) is 5.04. The summed E-state index contributed by atoms with van der Waals surface area (Å²) in [6.07, 6.45) is 5.38. The Bertz CT molecular complexity index is 1330. The predicted molar refractivity (Wildman–Crippen MR) is 132 cm³/mol. The minimum atomic E-state index is -0.124. The van der Waals surface area contributed by atoms with E-state index in [-0.39, 0.29) is 11.7 Å². The van der Waals surface area contributed by atoms with E-state index in [1.807, 2.05) is 18.2 Å². The van der Waals surface area contributed by atoms with Crippen LogP contribution in [0.4, 0.5) is 11.5 Å². The average Bonchev–Trinajstić information content (AvgIpc) is 3.33. The Kier molecular flexibility index (Phi) is 6.28. The number of carbonyl (C=O) groups excluding carboxylic acids is 1. The Morgan fingerprint density at radius 3 is 2.65 bits per heavy atom. The third-order valence-corrected chi connectivity index (χ3v) is 6.85. The number of aromatic nitrogens is 2. The molecular weight excluding hydrogens is 454 g/mol. The number of rotatable bonds is 6. The Morgan fingerprint density at radius 2 is 1.91 bits per heavy atom. The Labute approximate surface area is 199 Å². The molecule has 5 rings (SSSR count). The molecule has 1 aromatic carbocycles. The molecule has 2 aromatic heterocycles. The average molecular weight is 476 g/mol. The molecule has 172 valence electrons. The quantitative estimate of drug-likeness (QED) is 0.479. The van der Waals surface area contributed by atoms with Crippen molar-refractivity contribution in [3.05, 3.63) is 62.5 Å². The number of amides is 1. The van der Waals surface area contributed by atoms with E-state index in [0.717, 1.165) is 18.4 Å². The SMILES string of the molecule is O=Nc1cccc(CN2CCN(C(=O)c3csc4c(N=O)nc(C5=CCCC=N5)nc34)CC2)c1. The molecule has 11 heteroatoms. The highest BCUT2D eigenvalue weighted by atomic mass is 32.1. The van der Waals surface area contributed by atoms with Crippen molar-refractivity contribution in [3.8, 4) is 0 Å². The smallest absolute Gasteiger partial charge is 0.257 e. The first-order valence-electron chi connectivity index (χ1n) is 11.0. The van der Waals surface area contributed by atoms with Crippen LogP contribution in [0.15, 0.2) is 51.1 Å². The molecule has 34 heavy (non-hydrogen) atoms. The van der Waals surface area contributed by atoms with Gasteiger partial charge in [0, 0.05) is 44.3 Å². The van der Waals surface area contributed by atoms with Gasteiger partial charge in [-0.25, -0.2) is 9.97 Å². The van der Waals surface area contributed by atoms with Gasteiger partial charge in [-0.05, 0) is 40.9 Å². The van der Waals surface area contributed by atoms with E-state index in [0.29, 0.717) is 65.7 Å². The molecule has 1 amide bonds. The predicted octanol–water partition coefficient (Wildman–Crippen LogP) is 4.65. The molecule has 4 heterocycles. The molecule has 0 atom stereocenters. The van der Waals surface area contributed by atoms with Gasteiger partial charge < -0.3 is 4.90 Å². The van der Waals surface area contributed by atoms with E-state index >= 15 is 0 Å². The van der Waals surface area contributed by atoms with Crippen LogP contribution >= 0.6 is 11.3 Å². The molecule has 1 saturated heterocycles. The number of nitroso groups, excluding NO2 is 2. The molecule has 2 aliphatic rings. The summed E-state index contributed by atoms with van der Waals surface area (Å²) in [6, 6.07) is 7.24. The molecule has 0 spiro atoms.